The van der Waals surface area contributed by atoms with E-state index in [4.69, 9.17) is 10.5 Å². The lowest BCUT2D eigenvalue weighted by atomic mass is 10.1. The molecule has 3 nitrogen and oxygen atoms in total. The van der Waals surface area contributed by atoms with E-state index >= 15 is 0 Å². The molecule has 2 aromatic rings. The summed E-state index contributed by atoms with van der Waals surface area (Å²) in [4.78, 5) is 0. The molecule has 0 heterocycles. The van der Waals surface area contributed by atoms with Crippen molar-refractivity contribution in [2.75, 3.05) is 6.61 Å². The van der Waals surface area contributed by atoms with Gasteiger partial charge in [0, 0.05) is 0 Å². The minimum absolute atomic E-state index is 0.221. The highest BCUT2D eigenvalue weighted by molar-refractivity contribution is 5.30. The van der Waals surface area contributed by atoms with Crippen molar-refractivity contribution < 1.29 is 9.84 Å². The molecule has 1 atom stereocenters. The maximum Gasteiger partial charge on any atom is 0.119 e. The normalized spacial score (nSPS) is 12.1. The fraction of sp³-hybridized carbons (Fsp3) is 0.200. The first-order valence-electron chi connectivity index (χ1n) is 5.89. The second kappa shape index (κ2) is 5.56. The van der Waals surface area contributed by atoms with E-state index < -0.39 is 0 Å². The van der Waals surface area contributed by atoms with Crippen molar-refractivity contribution in [3.63, 3.8) is 0 Å². The van der Waals surface area contributed by atoms with E-state index in [1.165, 1.54) is 5.56 Å². The topological polar surface area (TPSA) is 55.5 Å². The fourth-order valence-electron chi connectivity index (χ4n) is 1.67. The molecule has 0 saturated carbocycles. The number of aryl methyl sites for hydroxylation is 1. The number of aromatic hydroxyl groups is 1. The highest BCUT2D eigenvalue weighted by Gasteiger charge is 2.07. The van der Waals surface area contributed by atoms with Crippen LogP contribution in [0.15, 0.2) is 48.5 Å². The lowest BCUT2D eigenvalue weighted by Gasteiger charge is -2.14. The summed E-state index contributed by atoms with van der Waals surface area (Å²) in [6, 6.07) is 14.5. The standard InChI is InChI=1S/C15H17NO2/c1-11-5-7-14(8-6-11)18-10-15(16)12-3-2-4-13(17)9-12/h2-9,15,17H,10,16H2,1H3. The van der Waals surface area contributed by atoms with Crippen molar-refractivity contribution in [2.45, 2.75) is 13.0 Å². The Kier molecular flexibility index (Phi) is 3.85. The number of hydrogen-bond donors (Lipinski definition) is 2. The van der Waals surface area contributed by atoms with Crippen LogP contribution < -0.4 is 10.5 Å². The van der Waals surface area contributed by atoms with Gasteiger partial charge in [-0.15, -0.1) is 0 Å². The second-order valence-corrected chi connectivity index (χ2v) is 4.33. The number of hydrogen-bond acceptors (Lipinski definition) is 3. The molecule has 0 fully saturated rings. The molecule has 0 radical (unpaired) electrons. The molecular formula is C15H17NO2. The van der Waals surface area contributed by atoms with Gasteiger partial charge in [-0.05, 0) is 36.8 Å². The fourth-order valence-corrected chi connectivity index (χ4v) is 1.67. The van der Waals surface area contributed by atoms with Gasteiger partial charge in [-0.2, -0.15) is 0 Å². The van der Waals surface area contributed by atoms with Crippen LogP contribution in [-0.2, 0) is 0 Å². The van der Waals surface area contributed by atoms with Gasteiger partial charge in [-0.1, -0.05) is 29.8 Å². The molecule has 0 aliphatic heterocycles. The van der Waals surface area contributed by atoms with Crippen LogP contribution in [0.5, 0.6) is 11.5 Å². The van der Waals surface area contributed by atoms with Gasteiger partial charge in [0.25, 0.3) is 0 Å². The van der Waals surface area contributed by atoms with Crippen molar-refractivity contribution in [3.05, 3.63) is 59.7 Å². The van der Waals surface area contributed by atoms with E-state index in [-0.39, 0.29) is 11.8 Å². The summed E-state index contributed by atoms with van der Waals surface area (Å²) in [7, 11) is 0. The third kappa shape index (κ3) is 3.25. The second-order valence-electron chi connectivity index (χ2n) is 4.33. The number of phenolic OH excluding ortho intramolecular Hbond substituents is 1. The summed E-state index contributed by atoms with van der Waals surface area (Å²) in [5, 5.41) is 9.38. The minimum Gasteiger partial charge on any atom is -0.508 e. The maximum absolute atomic E-state index is 9.38. The van der Waals surface area contributed by atoms with E-state index in [1.54, 1.807) is 18.2 Å². The number of ether oxygens (including phenoxy) is 1. The monoisotopic (exact) mass is 243 g/mol. The van der Waals surface area contributed by atoms with Crippen molar-refractivity contribution in [2.24, 2.45) is 5.73 Å². The van der Waals surface area contributed by atoms with Crippen LogP contribution >= 0.6 is 0 Å². The highest BCUT2D eigenvalue weighted by atomic mass is 16.5. The quantitative estimate of drug-likeness (QED) is 0.868. The van der Waals surface area contributed by atoms with Gasteiger partial charge in [0.05, 0.1) is 6.04 Å². The molecule has 2 aromatic carbocycles. The van der Waals surface area contributed by atoms with Crippen LogP contribution in [-0.4, -0.2) is 11.7 Å². The molecule has 18 heavy (non-hydrogen) atoms. The first kappa shape index (κ1) is 12.5. The average molecular weight is 243 g/mol. The van der Waals surface area contributed by atoms with Gasteiger partial charge < -0.3 is 15.6 Å². The zero-order valence-corrected chi connectivity index (χ0v) is 10.3. The summed E-state index contributed by atoms with van der Waals surface area (Å²) < 4.78 is 5.61. The van der Waals surface area contributed by atoms with Crippen LogP contribution in [0.25, 0.3) is 0 Å². The molecule has 0 saturated heterocycles. The van der Waals surface area contributed by atoms with Crippen LogP contribution in [0, 0.1) is 6.92 Å². The molecule has 3 N–H and O–H groups in total. The average Bonchev–Trinajstić information content (AvgIpc) is 2.38. The van der Waals surface area contributed by atoms with Crippen LogP contribution in [0.2, 0.25) is 0 Å². The smallest absolute Gasteiger partial charge is 0.119 e. The lowest BCUT2D eigenvalue weighted by molar-refractivity contribution is 0.290. The van der Waals surface area contributed by atoms with Gasteiger partial charge in [0.2, 0.25) is 0 Å². The summed E-state index contributed by atoms with van der Waals surface area (Å²) in [6.45, 7) is 2.41. The highest BCUT2D eigenvalue weighted by Crippen LogP contribution is 2.18. The first-order chi connectivity index (χ1) is 8.65. The molecule has 1 unspecified atom stereocenters. The van der Waals surface area contributed by atoms with Gasteiger partial charge in [-0.25, -0.2) is 0 Å². The Morgan fingerprint density at radius 2 is 1.89 bits per heavy atom. The van der Waals surface area contributed by atoms with Gasteiger partial charge in [0.1, 0.15) is 18.1 Å². The Morgan fingerprint density at radius 1 is 1.17 bits per heavy atom. The summed E-state index contributed by atoms with van der Waals surface area (Å²) >= 11 is 0. The van der Waals surface area contributed by atoms with E-state index in [0.717, 1.165) is 11.3 Å². The Balaban J connectivity index is 1.96. The van der Waals surface area contributed by atoms with Crippen molar-refractivity contribution in [1.82, 2.24) is 0 Å². The molecule has 0 spiro atoms. The molecule has 0 amide bonds. The predicted molar refractivity (Wildman–Crippen MR) is 71.7 cm³/mol. The van der Waals surface area contributed by atoms with E-state index in [2.05, 4.69) is 0 Å². The lowest BCUT2D eigenvalue weighted by Crippen LogP contribution is -2.18. The zero-order valence-electron chi connectivity index (χ0n) is 10.3. The molecule has 0 aliphatic rings. The van der Waals surface area contributed by atoms with Crippen LogP contribution in [0.4, 0.5) is 0 Å². The Bertz CT molecular complexity index is 508. The molecular weight excluding hydrogens is 226 g/mol. The summed E-state index contributed by atoms with van der Waals surface area (Å²) in [5.74, 6) is 1.02. The Labute approximate surface area is 107 Å². The number of benzene rings is 2. The molecule has 0 aliphatic carbocycles. The van der Waals surface area contributed by atoms with E-state index in [0.29, 0.717) is 6.61 Å². The van der Waals surface area contributed by atoms with Gasteiger partial charge in [-0.3, -0.25) is 0 Å². The molecule has 94 valence electrons. The molecule has 0 aromatic heterocycles. The van der Waals surface area contributed by atoms with Crippen molar-refractivity contribution in [1.29, 1.82) is 0 Å². The minimum atomic E-state index is -0.251. The van der Waals surface area contributed by atoms with E-state index in [9.17, 15) is 5.11 Å². The van der Waals surface area contributed by atoms with Crippen molar-refractivity contribution >= 4 is 0 Å². The number of phenols is 1. The SMILES string of the molecule is Cc1ccc(OCC(N)c2cccc(O)c2)cc1. The van der Waals surface area contributed by atoms with Crippen LogP contribution in [0.1, 0.15) is 17.2 Å². The largest absolute Gasteiger partial charge is 0.508 e. The van der Waals surface area contributed by atoms with Gasteiger partial charge in [0.15, 0.2) is 0 Å². The molecule has 0 bridgehead atoms. The third-order valence-corrected chi connectivity index (χ3v) is 2.75. The van der Waals surface area contributed by atoms with Gasteiger partial charge >= 0.3 is 0 Å². The molecule has 2 rings (SSSR count). The first-order valence-corrected chi connectivity index (χ1v) is 5.89. The number of nitrogens with two attached hydrogens (primary N) is 1. The number of rotatable bonds is 4. The summed E-state index contributed by atoms with van der Waals surface area (Å²) in [5.41, 5.74) is 8.06. The zero-order chi connectivity index (χ0) is 13.0. The summed E-state index contributed by atoms with van der Waals surface area (Å²) in [6.07, 6.45) is 0. The molecule has 3 heteroatoms. The Hall–Kier alpha value is -2.00. The van der Waals surface area contributed by atoms with Crippen LogP contribution in [0.3, 0.4) is 0 Å². The maximum atomic E-state index is 9.38. The Morgan fingerprint density at radius 3 is 2.56 bits per heavy atom. The third-order valence-electron chi connectivity index (χ3n) is 2.75. The van der Waals surface area contributed by atoms with E-state index in [1.807, 2.05) is 37.3 Å². The predicted octanol–water partition coefficient (Wildman–Crippen LogP) is 2.78. The van der Waals surface area contributed by atoms with Crippen molar-refractivity contribution in [3.8, 4) is 11.5 Å².